The van der Waals surface area contributed by atoms with Crippen LogP contribution in [0, 0.1) is 18.3 Å². The van der Waals surface area contributed by atoms with Crippen LogP contribution in [0.4, 0.5) is 0 Å². The molecule has 0 saturated carbocycles. The standard InChI is InChI=1S/C14H12N2O2S/c1-9-8-19-14(16-9)11(7-15)5-10-3-4-13(18-2)12(17)6-10/h3-6,8,17H,1-2H3/b11-5+. The number of hydrogen-bond acceptors (Lipinski definition) is 5. The molecule has 2 aromatic rings. The van der Waals surface area contributed by atoms with Crippen molar-refractivity contribution in [1.29, 1.82) is 5.26 Å². The predicted octanol–water partition coefficient (Wildman–Crippen LogP) is 3.23. The lowest BCUT2D eigenvalue weighted by Gasteiger charge is -2.03. The highest BCUT2D eigenvalue weighted by Crippen LogP contribution is 2.28. The summed E-state index contributed by atoms with van der Waals surface area (Å²) in [4.78, 5) is 4.27. The van der Waals surface area contributed by atoms with E-state index in [2.05, 4.69) is 11.1 Å². The SMILES string of the molecule is COc1ccc(/C=C(\C#N)c2nc(C)cs2)cc1O. The van der Waals surface area contributed by atoms with Gasteiger partial charge in [0, 0.05) is 11.1 Å². The number of allylic oxidation sites excluding steroid dienone is 1. The zero-order valence-electron chi connectivity index (χ0n) is 10.5. The molecule has 1 aromatic carbocycles. The van der Waals surface area contributed by atoms with Crippen molar-refractivity contribution in [2.45, 2.75) is 6.92 Å². The van der Waals surface area contributed by atoms with E-state index in [1.54, 1.807) is 24.3 Å². The lowest BCUT2D eigenvalue weighted by atomic mass is 10.1. The van der Waals surface area contributed by atoms with Gasteiger partial charge in [0.05, 0.1) is 12.7 Å². The summed E-state index contributed by atoms with van der Waals surface area (Å²) in [6.45, 7) is 1.88. The molecular weight excluding hydrogens is 260 g/mol. The molecule has 4 nitrogen and oxygen atoms in total. The molecule has 1 heterocycles. The van der Waals surface area contributed by atoms with Gasteiger partial charge in [0.2, 0.25) is 0 Å². The van der Waals surface area contributed by atoms with Gasteiger partial charge in [-0.05, 0) is 30.7 Å². The van der Waals surface area contributed by atoms with Gasteiger partial charge in [-0.3, -0.25) is 0 Å². The van der Waals surface area contributed by atoms with Gasteiger partial charge < -0.3 is 9.84 Å². The Morgan fingerprint density at radius 3 is 2.84 bits per heavy atom. The normalized spacial score (nSPS) is 11.1. The molecule has 0 aliphatic rings. The average molecular weight is 272 g/mol. The molecule has 5 heteroatoms. The number of phenols is 1. The third kappa shape index (κ3) is 2.92. The fourth-order valence-corrected chi connectivity index (χ4v) is 2.35. The molecule has 0 unspecified atom stereocenters. The molecule has 1 N–H and O–H groups in total. The summed E-state index contributed by atoms with van der Waals surface area (Å²) in [5.41, 5.74) is 2.09. The third-order valence-corrected chi connectivity index (χ3v) is 3.48. The third-order valence-electron chi connectivity index (χ3n) is 2.48. The molecular formula is C14H12N2O2S. The minimum atomic E-state index is 0.0452. The van der Waals surface area contributed by atoms with E-state index in [0.717, 1.165) is 11.3 Å². The van der Waals surface area contributed by atoms with E-state index in [1.165, 1.54) is 18.4 Å². The second-order valence-corrected chi connectivity index (χ2v) is 4.75. The van der Waals surface area contributed by atoms with E-state index in [4.69, 9.17) is 4.74 Å². The molecule has 0 atom stereocenters. The highest BCUT2D eigenvalue weighted by atomic mass is 32.1. The first-order chi connectivity index (χ1) is 9.13. The van der Waals surface area contributed by atoms with Gasteiger partial charge in [-0.25, -0.2) is 4.98 Å². The Balaban J connectivity index is 2.39. The zero-order valence-corrected chi connectivity index (χ0v) is 11.4. The minimum Gasteiger partial charge on any atom is -0.504 e. The monoisotopic (exact) mass is 272 g/mol. The Kier molecular flexibility index (Phi) is 3.83. The van der Waals surface area contributed by atoms with Gasteiger partial charge in [0.15, 0.2) is 11.5 Å². The first-order valence-electron chi connectivity index (χ1n) is 5.55. The average Bonchev–Trinajstić information content (AvgIpc) is 2.82. The second kappa shape index (κ2) is 5.55. The minimum absolute atomic E-state index is 0.0452. The zero-order chi connectivity index (χ0) is 13.8. The number of aromatic hydroxyl groups is 1. The lowest BCUT2D eigenvalue weighted by Crippen LogP contribution is -1.85. The van der Waals surface area contributed by atoms with Crippen molar-refractivity contribution in [3.8, 4) is 17.6 Å². The van der Waals surface area contributed by atoms with E-state index in [-0.39, 0.29) is 5.75 Å². The number of methoxy groups -OCH3 is 1. The number of thiazole rings is 1. The number of rotatable bonds is 3. The van der Waals surface area contributed by atoms with Crippen LogP contribution < -0.4 is 4.74 Å². The van der Waals surface area contributed by atoms with Crippen molar-refractivity contribution >= 4 is 23.0 Å². The fourth-order valence-electron chi connectivity index (χ4n) is 1.58. The highest BCUT2D eigenvalue weighted by molar-refractivity contribution is 7.11. The predicted molar refractivity (Wildman–Crippen MR) is 75.0 cm³/mol. The smallest absolute Gasteiger partial charge is 0.160 e. The molecule has 1 aromatic heterocycles. The quantitative estimate of drug-likeness (QED) is 0.871. The number of nitriles is 1. The van der Waals surface area contributed by atoms with E-state index >= 15 is 0 Å². The molecule has 0 bridgehead atoms. The molecule has 0 aliphatic heterocycles. The number of phenolic OH excluding ortho intramolecular Hbond substituents is 1. The summed E-state index contributed by atoms with van der Waals surface area (Å²) in [5, 5.41) is 21.5. The summed E-state index contributed by atoms with van der Waals surface area (Å²) in [6.07, 6.45) is 1.69. The van der Waals surface area contributed by atoms with Crippen LogP contribution >= 0.6 is 11.3 Å². The molecule has 0 saturated heterocycles. The van der Waals surface area contributed by atoms with Crippen molar-refractivity contribution in [2.75, 3.05) is 7.11 Å². The Hall–Kier alpha value is -2.32. The summed E-state index contributed by atoms with van der Waals surface area (Å²) < 4.78 is 4.97. The van der Waals surface area contributed by atoms with Crippen molar-refractivity contribution in [1.82, 2.24) is 4.98 Å². The van der Waals surface area contributed by atoms with E-state index in [1.807, 2.05) is 12.3 Å². The highest BCUT2D eigenvalue weighted by Gasteiger charge is 2.07. The number of benzene rings is 1. The molecule has 19 heavy (non-hydrogen) atoms. The number of aromatic nitrogens is 1. The van der Waals surface area contributed by atoms with Crippen LogP contribution in [0.2, 0.25) is 0 Å². The Morgan fingerprint density at radius 1 is 1.53 bits per heavy atom. The molecule has 0 radical (unpaired) electrons. The maximum atomic E-state index is 9.70. The van der Waals surface area contributed by atoms with E-state index in [0.29, 0.717) is 16.3 Å². The number of aryl methyl sites for hydroxylation is 1. The number of nitrogens with zero attached hydrogens (tertiary/aromatic N) is 2. The van der Waals surface area contributed by atoms with Gasteiger partial charge in [-0.1, -0.05) is 6.07 Å². The topological polar surface area (TPSA) is 66.1 Å². The van der Waals surface area contributed by atoms with Crippen LogP contribution in [-0.2, 0) is 0 Å². The van der Waals surface area contributed by atoms with Crippen LogP contribution in [0.5, 0.6) is 11.5 Å². The Labute approximate surface area is 115 Å². The number of hydrogen-bond donors (Lipinski definition) is 1. The number of ether oxygens (including phenoxy) is 1. The van der Waals surface area contributed by atoms with Gasteiger partial charge in [-0.15, -0.1) is 11.3 Å². The van der Waals surface area contributed by atoms with E-state index < -0.39 is 0 Å². The molecule has 0 spiro atoms. The van der Waals surface area contributed by atoms with Crippen molar-refractivity contribution in [2.24, 2.45) is 0 Å². The molecule has 96 valence electrons. The van der Waals surface area contributed by atoms with Crippen LogP contribution in [0.15, 0.2) is 23.6 Å². The van der Waals surface area contributed by atoms with E-state index in [9.17, 15) is 10.4 Å². The maximum absolute atomic E-state index is 9.70. The summed E-state index contributed by atoms with van der Waals surface area (Å²) in [7, 11) is 1.49. The van der Waals surface area contributed by atoms with Gasteiger partial charge in [0.25, 0.3) is 0 Å². The molecule has 2 rings (SSSR count). The van der Waals surface area contributed by atoms with Gasteiger partial charge >= 0.3 is 0 Å². The fraction of sp³-hybridized carbons (Fsp3) is 0.143. The van der Waals surface area contributed by atoms with Crippen LogP contribution in [-0.4, -0.2) is 17.2 Å². The second-order valence-electron chi connectivity index (χ2n) is 3.90. The maximum Gasteiger partial charge on any atom is 0.160 e. The van der Waals surface area contributed by atoms with Crippen LogP contribution in [0.1, 0.15) is 16.3 Å². The first kappa shape index (κ1) is 13.1. The van der Waals surface area contributed by atoms with Crippen LogP contribution in [0.3, 0.4) is 0 Å². The lowest BCUT2D eigenvalue weighted by molar-refractivity contribution is 0.373. The van der Waals surface area contributed by atoms with Crippen LogP contribution in [0.25, 0.3) is 11.6 Å². The molecule has 0 aliphatic carbocycles. The van der Waals surface area contributed by atoms with Gasteiger partial charge in [0.1, 0.15) is 11.1 Å². The first-order valence-corrected chi connectivity index (χ1v) is 6.43. The Morgan fingerprint density at radius 2 is 2.32 bits per heavy atom. The molecule has 0 fully saturated rings. The summed E-state index contributed by atoms with van der Waals surface area (Å²) >= 11 is 1.42. The Bertz CT molecular complexity index is 668. The summed E-state index contributed by atoms with van der Waals surface area (Å²) in [5.74, 6) is 0.449. The summed E-state index contributed by atoms with van der Waals surface area (Å²) in [6, 6.07) is 7.11. The largest absolute Gasteiger partial charge is 0.504 e. The van der Waals surface area contributed by atoms with Crippen molar-refractivity contribution < 1.29 is 9.84 Å². The van der Waals surface area contributed by atoms with Crippen molar-refractivity contribution in [3.63, 3.8) is 0 Å². The molecule has 0 amide bonds. The van der Waals surface area contributed by atoms with Crippen molar-refractivity contribution in [3.05, 3.63) is 39.8 Å². The van der Waals surface area contributed by atoms with Gasteiger partial charge in [-0.2, -0.15) is 5.26 Å².